The zero-order valence-electron chi connectivity index (χ0n) is 23.6. The topological polar surface area (TPSA) is 0 Å². The molecule has 0 N–H and O–H groups in total. The van der Waals surface area contributed by atoms with Gasteiger partial charge in [-0.1, -0.05) is 77.5 Å². The van der Waals surface area contributed by atoms with Crippen LogP contribution in [0.5, 0.6) is 0 Å². The van der Waals surface area contributed by atoms with Gasteiger partial charge in [-0.15, -0.1) is 40.1 Å². The number of fused-ring (bicyclic) bond motifs is 8. The van der Waals surface area contributed by atoms with E-state index in [0.717, 1.165) is 16.5 Å². The summed E-state index contributed by atoms with van der Waals surface area (Å²) in [5, 5.41) is 12.4. The summed E-state index contributed by atoms with van der Waals surface area (Å²) in [5.74, 6) is 0. The van der Waals surface area contributed by atoms with Crippen LogP contribution in [-0.4, -0.2) is 3.21 Å². The van der Waals surface area contributed by atoms with Gasteiger partial charge < -0.3 is 24.8 Å². The van der Waals surface area contributed by atoms with Crippen LogP contribution in [0.2, 0.25) is 10.0 Å². The summed E-state index contributed by atoms with van der Waals surface area (Å²) in [6, 6.07) is 44.3. The molecule has 1 aliphatic rings. The SMILES string of the molecule is Clc1ccc([C](=[Zr+2])c2ccc(Cl)cc2)cc1.[C-]1=CC=CC1.[Cl-].[Cl-].c1ccc2c(c1)[cH-]c1c3ccccc3c3ccccc3c21. The van der Waals surface area contributed by atoms with Crippen molar-refractivity contribution in [2.45, 2.75) is 6.42 Å². The van der Waals surface area contributed by atoms with Crippen LogP contribution in [0, 0.1) is 6.08 Å². The summed E-state index contributed by atoms with van der Waals surface area (Å²) in [7, 11) is 0. The van der Waals surface area contributed by atoms with Crippen molar-refractivity contribution in [3.05, 3.63) is 173 Å². The molecule has 0 fully saturated rings. The van der Waals surface area contributed by atoms with Crippen molar-refractivity contribution in [1.29, 1.82) is 0 Å². The molecule has 0 unspecified atom stereocenters. The van der Waals surface area contributed by atoms with Crippen LogP contribution in [0.1, 0.15) is 17.5 Å². The minimum atomic E-state index is 0. The van der Waals surface area contributed by atoms with Crippen molar-refractivity contribution < 1.29 is 49.0 Å². The average Bonchev–Trinajstić information content (AvgIpc) is 3.75. The van der Waals surface area contributed by atoms with Gasteiger partial charge in [-0.2, -0.15) is 6.08 Å². The van der Waals surface area contributed by atoms with Crippen LogP contribution in [0.15, 0.2) is 146 Å². The molecule has 5 heteroatoms. The van der Waals surface area contributed by atoms with Gasteiger partial charge in [-0.05, 0) is 10.8 Å². The molecule has 0 atom stereocenters. The number of hydrogen-bond acceptors (Lipinski definition) is 0. The van der Waals surface area contributed by atoms with E-state index in [4.69, 9.17) is 23.2 Å². The van der Waals surface area contributed by atoms with E-state index in [9.17, 15) is 0 Å². The molecular weight excluding hydrogens is 701 g/mol. The van der Waals surface area contributed by atoms with Crippen LogP contribution in [0.3, 0.4) is 0 Å². The average molecular weight is 728 g/mol. The van der Waals surface area contributed by atoms with Crippen molar-refractivity contribution in [2.75, 3.05) is 0 Å². The summed E-state index contributed by atoms with van der Waals surface area (Å²) >= 11 is 13.1. The maximum atomic E-state index is 5.86. The van der Waals surface area contributed by atoms with Crippen LogP contribution in [0.25, 0.3) is 43.1 Å². The first-order valence-corrected chi connectivity index (χ1v) is 15.8. The fourth-order valence-electron chi connectivity index (χ4n) is 5.35. The number of hydrogen-bond donors (Lipinski definition) is 0. The van der Waals surface area contributed by atoms with Gasteiger partial charge in [0.25, 0.3) is 0 Å². The molecule has 44 heavy (non-hydrogen) atoms. The van der Waals surface area contributed by atoms with E-state index in [0.29, 0.717) is 0 Å². The van der Waals surface area contributed by atoms with Crippen molar-refractivity contribution in [2.24, 2.45) is 0 Å². The molecule has 0 heterocycles. The normalized spacial score (nSPS) is 11.4. The minimum absolute atomic E-state index is 0. The molecule has 1 aliphatic carbocycles. The second kappa shape index (κ2) is 15.9. The molecule has 7 aromatic carbocycles. The quantitative estimate of drug-likeness (QED) is 0.165. The molecule has 0 aliphatic heterocycles. The molecule has 0 nitrogen and oxygen atoms in total. The van der Waals surface area contributed by atoms with E-state index in [2.05, 4.69) is 91.0 Å². The Labute approximate surface area is 295 Å². The summed E-state index contributed by atoms with van der Waals surface area (Å²) in [4.78, 5) is 0. The van der Waals surface area contributed by atoms with Crippen molar-refractivity contribution >= 4 is 69.5 Å². The first-order chi connectivity index (χ1) is 20.6. The Kier molecular flexibility index (Phi) is 12.3. The molecule has 8 rings (SSSR count). The van der Waals surface area contributed by atoms with E-state index in [1.807, 2.05) is 60.7 Å². The third-order valence-electron chi connectivity index (χ3n) is 7.35. The summed E-state index contributed by atoms with van der Waals surface area (Å²) < 4.78 is 1.31. The van der Waals surface area contributed by atoms with Crippen LogP contribution in [-0.2, 0) is 24.2 Å². The van der Waals surface area contributed by atoms with Crippen LogP contribution in [0.4, 0.5) is 0 Å². The molecule has 0 bridgehead atoms. The number of rotatable bonds is 2. The van der Waals surface area contributed by atoms with Gasteiger partial charge in [-0.3, -0.25) is 6.08 Å². The zero-order chi connectivity index (χ0) is 28.9. The van der Waals surface area contributed by atoms with Gasteiger partial charge in [0, 0.05) is 0 Å². The molecule has 0 spiro atoms. The van der Waals surface area contributed by atoms with Crippen LogP contribution >= 0.6 is 23.2 Å². The molecule has 0 saturated carbocycles. The Balaban J connectivity index is 0.000000171. The largest absolute Gasteiger partial charge is 1.00 e. The molecule has 0 amide bonds. The van der Waals surface area contributed by atoms with Gasteiger partial charge >= 0.3 is 120 Å². The predicted molar refractivity (Wildman–Crippen MR) is 180 cm³/mol. The summed E-state index contributed by atoms with van der Waals surface area (Å²) in [6.45, 7) is 0. The molecule has 0 saturated heterocycles. The first-order valence-electron chi connectivity index (χ1n) is 13.8. The third-order valence-corrected chi connectivity index (χ3v) is 9.28. The molecular formula is C39H26Cl4Zr-2. The van der Waals surface area contributed by atoms with Gasteiger partial charge in [0.2, 0.25) is 0 Å². The van der Waals surface area contributed by atoms with E-state index in [1.54, 1.807) is 0 Å². The molecule has 7 aromatic rings. The fraction of sp³-hybridized carbons (Fsp3) is 0.0256. The number of allylic oxidation sites excluding steroid dienone is 4. The van der Waals surface area contributed by atoms with Gasteiger partial charge in [0.1, 0.15) is 0 Å². The minimum Gasteiger partial charge on any atom is -1.00 e. The summed E-state index contributed by atoms with van der Waals surface area (Å²) in [6.07, 6.45) is 10.0. The van der Waals surface area contributed by atoms with Gasteiger partial charge in [0.15, 0.2) is 0 Å². The summed E-state index contributed by atoms with van der Waals surface area (Å²) in [5.41, 5.74) is 2.43. The third kappa shape index (κ3) is 7.48. The zero-order valence-corrected chi connectivity index (χ0v) is 29.1. The molecule has 0 radical (unpaired) electrons. The maximum Gasteiger partial charge on any atom is -0.0255 e. The Morgan fingerprint density at radius 3 is 1.57 bits per heavy atom. The second-order valence-electron chi connectivity index (χ2n) is 10.0. The monoisotopic (exact) mass is 724 g/mol. The Morgan fingerprint density at radius 2 is 1.07 bits per heavy atom. The Morgan fingerprint density at radius 1 is 0.591 bits per heavy atom. The van der Waals surface area contributed by atoms with Crippen LogP contribution < -0.4 is 24.8 Å². The van der Waals surface area contributed by atoms with E-state index < -0.39 is 0 Å². The van der Waals surface area contributed by atoms with Crippen molar-refractivity contribution in [1.82, 2.24) is 0 Å². The molecule has 216 valence electrons. The van der Waals surface area contributed by atoms with E-state index in [1.165, 1.54) is 81.7 Å². The maximum absolute atomic E-state index is 5.86. The Bertz CT molecular complexity index is 2030. The fourth-order valence-corrected chi connectivity index (χ4v) is 6.43. The van der Waals surface area contributed by atoms with Crippen molar-refractivity contribution in [3.63, 3.8) is 0 Å². The van der Waals surface area contributed by atoms with Gasteiger partial charge in [0.05, 0.1) is 0 Å². The molecule has 0 aromatic heterocycles. The Hall–Kier alpha value is -2.90. The standard InChI is InChI=1S/C21H13.C13H8Cl2.C5H5.2ClH.Zr/c1-2-8-15-14(7-1)13-20-18-11-4-3-9-16(18)17-10-5-6-12-19(17)21(15)20;14-12-5-1-10(2-6-12)9-11-3-7-13(15)8-4-11;1-2-4-5-3-1;;;/h1-13H;1-8H;1-3H,4H2;2*1H;/q-1;;-1;;;+2/p-2. The first kappa shape index (κ1) is 34.0. The number of benzene rings is 6. The van der Waals surface area contributed by atoms with Crippen molar-refractivity contribution in [3.8, 4) is 0 Å². The number of halogens is 4. The van der Waals surface area contributed by atoms with E-state index in [-0.39, 0.29) is 24.8 Å². The predicted octanol–water partition coefficient (Wildman–Crippen LogP) is 5.44. The van der Waals surface area contributed by atoms with Gasteiger partial charge in [-0.25, -0.2) is 12.2 Å². The smallest absolute Gasteiger partial charge is 0.0255 e. The van der Waals surface area contributed by atoms with E-state index >= 15 is 0 Å². The second-order valence-corrected chi connectivity index (χ2v) is 12.1.